The van der Waals surface area contributed by atoms with Crippen LogP contribution in [0, 0.1) is 0 Å². The molecule has 0 spiro atoms. The number of hydrogen-bond acceptors (Lipinski definition) is 3. The minimum atomic E-state index is -11.2. The van der Waals surface area contributed by atoms with E-state index in [0.29, 0.717) is 0 Å². The van der Waals surface area contributed by atoms with Crippen molar-refractivity contribution in [3.63, 3.8) is 0 Å². The molecule has 136 valence electrons. The van der Waals surface area contributed by atoms with E-state index >= 15 is 0 Å². The predicted molar refractivity (Wildman–Crippen MR) is 80.9 cm³/mol. The second-order valence-electron chi connectivity index (χ2n) is 4.90. The van der Waals surface area contributed by atoms with Crippen LogP contribution in [0.15, 0.2) is 24.8 Å². The SMILES string of the molecule is C/[NH+]=C/C(=CN(C)C)c1ncnc2[nH]ccc12.[F][Sb-]([F])([F])([F])([F])[F]. The number of rotatable bonds is 3. The topological polar surface area (TPSA) is 58.8 Å². The number of allylic oxidation sites excluding steroid dienone is 1. The van der Waals surface area contributed by atoms with Crippen LogP contribution in [0.5, 0.6) is 0 Å². The van der Waals surface area contributed by atoms with Crippen LogP contribution in [0.1, 0.15) is 5.69 Å². The monoisotopic (exact) mass is 465 g/mol. The first-order valence-corrected chi connectivity index (χ1v) is 12.2. The molecule has 2 rings (SSSR count). The molecular formula is C12H16F6N5Sb. The molecule has 2 aromatic rings. The van der Waals surface area contributed by atoms with Crippen molar-refractivity contribution < 1.29 is 21.9 Å². The summed E-state index contributed by atoms with van der Waals surface area (Å²) in [7, 11) is 5.84. The van der Waals surface area contributed by atoms with Gasteiger partial charge in [-0.05, 0) is 6.07 Å². The summed E-state index contributed by atoms with van der Waals surface area (Å²) in [5.74, 6) is 0. The van der Waals surface area contributed by atoms with Gasteiger partial charge in [0.25, 0.3) is 0 Å². The molecule has 2 heterocycles. The van der Waals surface area contributed by atoms with Crippen molar-refractivity contribution in [2.24, 2.45) is 0 Å². The zero-order valence-electron chi connectivity index (χ0n) is 12.9. The Hall–Kier alpha value is -1.77. The fraction of sp³-hybridized carbons (Fsp3) is 0.250. The maximum atomic E-state index is 9.93. The van der Waals surface area contributed by atoms with Crippen molar-refractivity contribution in [2.45, 2.75) is 0 Å². The molecule has 0 unspecified atom stereocenters. The standard InChI is InChI=1S/C12H15N5.6FH.Sb/c1-13-6-9(7-17(2)3)11-10-4-5-14-12(10)16-8-15-11;;;;;;;/h4-8H,1-3H3,(H,14,15,16);6*1H;/q;;;;;;;+5/p-5/b9-7?,13-6+;;;;;;;. The van der Waals surface area contributed by atoms with Crippen LogP contribution in [-0.2, 0) is 0 Å². The van der Waals surface area contributed by atoms with Crippen molar-refractivity contribution in [1.82, 2.24) is 19.9 Å². The molecular weight excluding hydrogens is 450 g/mol. The summed E-state index contributed by atoms with van der Waals surface area (Å²) < 4.78 is 59.6. The third-order valence-corrected chi connectivity index (χ3v) is 2.32. The average molecular weight is 466 g/mol. The number of fused-ring (bicyclic) bond motifs is 1. The van der Waals surface area contributed by atoms with Gasteiger partial charge in [-0.1, -0.05) is 0 Å². The fourth-order valence-corrected chi connectivity index (χ4v) is 1.70. The van der Waals surface area contributed by atoms with Gasteiger partial charge in [0.2, 0.25) is 0 Å². The molecule has 0 atom stereocenters. The summed E-state index contributed by atoms with van der Waals surface area (Å²) in [5.41, 5.74) is 2.79. The van der Waals surface area contributed by atoms with Crippen molar-refractivity contribution in [1.29, 1.82) is 0 Å². The number of hydrogen-bond donors (Lipinski definition) is 2. The molecule has 0 saturated carbocycles. The molecule has 2 aromatic heterocycles. The maximum absolute atomic E-state index is 11.2. The Morgan fingerprint density at radius 2 is 1.75 bits per heavy atom. The molecule has 0 fully saturated rings. The third-order valence-electron chi connectivity index (χ3n) is 2.32. The van der Waals surface area contributed by atoms with E-state index in [4.69, 9.17) is 0 Å². The molecule has 0 radical (unpaired) electrons. The number of H-pyrrole nitrogens is 1. The van der Waals surface area contributed by atoms with E-state index in [0.717, 1.165) is 22.3 Å². The Morgan fingerprint density at radius 1 is 1.17 bits per heavy atom. The molecule has 0 bridgehead atoms. The van der Waals surface area contributed by atoms with Crippen LogP contribution in [0.3, 0.4) is 0 Å². The zero-order valence-corrected chi connectivity index (χ0v) is 15.5. The Bertz CT molecular complexity index is 751. The predicted octanol–water partition coefficient (Wildman–Crippen LogP) is 1.78. The number of nitrogens with one attached hydrogen (secondary N) is 2. The summed E-state index contributed by atoms with van der Waals surface area (Å²) in [4.78, 5) is 16.6. The van der Waals surface area contributed by atoms with Crippen molar-refractivity contribution in [2.75, 3.05) is 21.1 Å². The Kier molecular flexibility index (Phi) is 5.29. The van der Waals surface area contributed by atoms with Crippen LogP contribution in [0.25, 0.3) is 16.6 Å². The van der Waals surface area contributed by atoms with Gasteiger partial charge >= 0.3 is 36.4 Å². The van der Waals surface area contributed by atoms with Crippen LogP contribution < -0.4 is 4.99 Å². The van der Waals surface area contributed by atoms with Crippen LogP contribution in [0.4, 0.5) is 16.9 Å². The van der Waals surface area contributed by atoms with Crippen molar-refractivity contribution >= 4 is 42.3 Å². The van der Waals surface area contributed by atoms with E-state index in [1.807, 2.05) is 50.7 Å². The molecule has 12 heteroatoms. The van der Waals surface area contributed by atoms with Gasteiger partial charge in [0.15, 0.2) is 6.21 Å². The molecule has 5 nitrogen and oxygen atoms in total. The number of nitrogens with zero attached hydrogens (tertiary/aromatic N) is 3. The number of aromatic amines is 1. The van der Waals surface area contributed by atoms with Gasteiger partial charge in [0.05, 0.1) is 11.3 Å². The van der Waals surface area contributed by atoms with Crippen LogP contribution in [-0.4, -0.2) is 66.7 Å². The van der Waals surface area contributed by atoms with E-state index in [1.165, 1.54) is 0 Å². The average Bonchev–Trinajstić information content (AvgIpc) is 2.81. The van der Waals surface area contributed by atoms with E-state index in [-0.39, 0.29) is 0 Å². The van der Waals surface area contributed by atoms with Crippen LogP contribution >= 0.6 is 0 Å². The first kappa shape index (κ1) is 20.3. The Labute approximate surface area is 136 Å². The molecule has 24 heavy (non-hydrogen) atoms. The van der Waals surface area contributed by atoms with E-state index in [2.05, 4.69) is 19.9 Å². The second-order valence-corrected chi connectivity index (χ2v) is 10.4. The molecule has 0 saturated heterocycles. The summed E-state index contributed by atoms with van der Waals surface area (Å²) in [6.07, 6.45) is 7.39. The molecule has 0 amide bonds. The Morgan fingerprint density at radius 3 is 2.25 bits per heavy atom. The first-order chi connectivity index (χ1) is 10.7. The van der Waals surface area contributed by atoms with E-state index < -0.39 is 19.5 Å². The van der Waals surface area contributed by atoms with Gasteiger partial charge in [0.1, 0.15) is 19.0 Å². The van der Waals surface area contributed by atoms with Crippen LogP contribution in [0.2, 0.25) is 0 Å². The summed E-state index contributed by atoms with van der Waals surface area (Å²) in [6, 6.07) is 1.98. The van der Waals surface area contributed by atoms with Crippen molar-refractivity contribution in [3.8, 4) is 0 Å². The zero-order chi connectivity index (χ0) is 18.7. The molecule has 0 aliphatic rings. The summed E-state index contributed by atoms with van der Waals surface area (Å²) in [6.45, 7) is 0. The van der Waals surface area contributed by atoms with Gasteiger partial charge in [-0.15, -0.1) is 0 Å². The minimum absolute atomic E-state index is 0.851. The third kappa shape index (κ3) is 8.75. The van der Waals surface area contributed by atoms with Gasteiger partial charge < -0.3 is 9.88 Å². The van der Waals surface area contributed by atoms with Gasteiger partial charge in [-0.2, -0.15) is 0 Å². The number of halogens is 6. The summed E-state index contributed by atoms with van der Waals surface area (Å²) in [5, 5.41) is 1.02. The molecule has 0 aliphatic carbocycles. The van der Waals surface area contributed by atoms with Gasteiger partial charge in [0, 0.05) is 31.9 Å². The number of aromatic nitrogens is 3. The first-order valence-electron chi connectivity index (χ1n) is 6.41. The molecule has 0 aromatic carbocycles. The second kappa shape index (κ2) is 6.27. The van der Waals surface area contributed by atoms with E-state index in [1.54, 1.807) is 6.33 Å². The Balaban J connectivity index is 0.000000351. The van der Waals surface area contributed by atoms with Gasteiger partial charge in [-0.3, -0.25) is 4.99 Å². The fourth-order valence-electron chi connectivity index (χ4n) is 1.70. The molecule has 2 N–H and O–H groups in total. The quantitative estimate of drug-likeness (QED) is 0.413. The van der Waals surface area contributed by atoms with Gasteiger partial charge in [-0.25, -0.2) is 9.97 Å². The van der Waals surface area contributed by atoms with E-state index in [9.17, 15) is 16.9 Å². The molecule has 0 aliphatic heterocycles. The normalized spacial score (nSPS) is 15.6. The van der Waals surface area contributed by atoms with Crippen molar-refractivity contribution in [3.05, 3.63) is 30.5 Å². The summed E-state index contributed by atoms with van der Waals surface area (Å²) >= 11 is -11.2.